The maximum atomic E-state index is 10.7. The average molecular weight is 661 g/mol. The Bertz CT molecular complexity index is 1140. The van der Waals surface area contributed by atoms with Gasteiger partial charge in [0.1, 0.15) is 24.8 Å². The fourth-order valence-corrected chi connectivity index (χ4v) is 3.06. The third kappa shape index (κ3) is 22.4. The molecule has 248 valence electrons. The van der Waals surface area contributed by atoms with Gasteiger partial charge in [-0.3, -0.25) is 0 Å². The first-order valence-electron chi connectivity index (χ1n) is 13.2. The molecule has 0 fully saturated rings. The molecule has 10 nitrogen and oxygen atoms in total. The standard InChI is InChI=1S/C12H23N2.C10H19N2.2CHF3O3S/c1-3-4-5-6-7-8-9-14-11-10-13(2)12-14;1-3-4-5-6-7-12-9-8-11(2)10-12;2*2-1(3,4)8(5,6)7/h10-12H,3-9H2,1-2H3;8-10H,3-7H2,1-2H3;2*(H,5,6,7)/q2*+1;;/p-2. The van der Waals surface area contributed by atoms with Crippen LogP contribution in [-0.4, -0.2) is 46.1 Å². The summed E-state index contributed by atoms with van der Waals surface area (Å²) in [6, 6.07) is 0. The maximum Gasteiger partial charge on any atom is 0.485 e. The van der Waals surface area contributed by atoms with Crippen LogP contribution in [0.3, 0.4) is 0 Å². The zero-order chi connectivity index (χ0) is 33.0. The third-order valence-corrected chi connectivity index (χ3v) is 6.39. The molecule has 2 aromatic heterocycles. The van der Waals surface area contributed by atoms with Crippen LogP contribution in [0.25, 0.3) is 0 Å². The first-order chi connectivity index (χ1) is 19.2. The molecule has 18 heteroatoms. The molecular formula is C24H42F6N4O6S2. The highest BCUT2D eigenvalue weighted by Crippen LogP contribution is 2.21. The molecule has 0 aromatic carbocycles. The molecule has 2 heterocycles. The van der Waals surface area contributed by atoms with Gasteiger partial charge < -0.3 is 9.11 Å². The number of aryl methyl sites for hydroxylation is 4. The summed E-state index contributed by atoms with van der Waals surface area (Å²) >= 11 is 0. The first-order valence-corrected chi connectivity index (χ1v) is 16.0. The zero-order valence-electron chi connectivity index (χ0n) is 24.3. The molecule has 0 saturated carbocycles. The molecule has 0 N–H and O–H groups in total. The smallest absolute Gasteiger partial charge is 0.485 e. The Hall–Kier alpha value is -2.18. The molecule has 0 aliphatic carbocycles. The van der Waals surface area contributed by atoms with Gasteiger partial charge in [0.25, 0.3) is 0 Å². The summed E-state index contributed by atoms with van der Waals surface area (Å²) in [5, 5.41) is 0. The Labute approximate surface area is 244 Å². The van der Waals surface area contributed by atoms with E-state index < -0.39 is 31.3 Å². The highest BCUT2D eigenvalue weighted by atomic mass is 32.2. The number of hydrogen-bond acceptors (Lipinski definition) is 6. The van der Waals surface area contributed by atoms with E-state index in [1.165, 1.54) is 77.3 Å². The maximum absolute atomic E-state index is 10.7. The largest absolute Gasteiger partial charge is 0.741 e. The van der Waals surface area contributed by atoms with E-state index in [1.54, 1.807) is 0 Å². The van der Waals surface area contributed by atoms with Gasteiger partial charge in [0.2, 0.25) is 12.7 Å². The van der Waals surface area contributed by atoms with E-state index in [4.69, 9.17) is 25.9 Å². The normalized spacial score (nSPS) is 11.9. The summed E-state index contributed by atoms with van der Waals surface area (Å²) in [5.74, 6) is 0. The Morgan fingerprint density at radius 1 is 0.690 bits per heavy atom. The fourth-order valence-electron chi connectivity index (χ4n) is 3.06. The molecule has 42 heavy (non-hydrogen) atoms. The summed E-state index contributed by atoms with van der Waals surface area (Å²) in [4.78, 5) is 0. The molecule has 0 atom stereocenters. The van der Waals surface area contributed by atoms with Gasteiger partial charge in [-0.2, -0.15) is 26.3 Å². The number of unbranched alkanes of at least 4 members (excludes halogenated alkanes) is 8. The van der Waals surface area contributed by atoms with Crippen molar-refractivity contribution in [2.24, 2.45) is 14.1 Å². The minimum absolute atomic E-state index is 1.17. The van der Waals surface area contributed by atoms with Crippen LogP contribution in [0.15, 0.2) is 37.4 Å². The van der Waals surface area contributed by atoms with Crippen molar-refractivity contribution in [3.63, 3.8) is 0 Å². The van der Waals surface area contributed by atoms with Gasteiger partial charge >= 0.3 is 11.0 Å². The van der Waals surface area contributed by atoms with Gasteiger partial charge in [0.05, 0.1) is 27.2 Å². The van der Waals surface area contributed by atoms with Gasteiger partial charge in [-0.25, -0.2) is 35.1 Å². The minimum Gasteiger partial charge on any atom is -0.741 e. The Balaban J connectivity index is 0. The Kier molecular flexibility index (Phi) is 20.7. The molecular weight excluding hydrogens is 618 g/mol. The molecule has 0 aliphatic heterocycles. The lowest BCUT2D eigenvalue weighted by Crippen LogP contribution is -2.30. The van der Waals surface area contributed by atoms with Crippen LogP contribution in [0, 0.1) is 0 Å². The summed E-state index contributed by atoms with van der Waals surface area (Å²) in [6.07, 6.45) is 26.3. The zero-order valence-corrected chi connectivity index (χ0v) is 25.9. The van der Waals surface area contributed by atoms with Crippen molar-refractivity contribution in [2.75, 3.05) is 0 Å². The second-order valence-electron chi connectivity index (χ2n) is 9.26. The topological polar surface area (TPSA) is 132 Å². The number of aromatic nitrogens is 4. The highest BCUT2D eigenvalue weighted by molar-refractivity contribution is 7.86. The van der Waals surface area contributed by atoms with Crippen molar-refractivity contribution >= 4 is 20.2 Å². The monoisotopic (exact) mass is 660 g/mol. The number of alkyl halides is 6. The van der Waals surface area contributed by atoms with E-state index in [1.807, 2.05) is 0 Å². The summed E-state index contributed by atoms with van der Waals surface area (Å²) in [7, 11) is -8.06. The number of imidazole rings is 2. The van der Waals surface area contributed by atoms with Crippen molar-refractivity contribution in [2.45, 2.75) is 102 Å². The van der Waals surface area contributed by atoms with Crippen molar-refractivity contribution in [1.82, 2.24) is 9.13 Å². The minimum atomic E-state index is -6.09. The second-order valence-corrected chi connectivity index (χ2v) is 12.0. The third-order valence-electron chi connectivity index (χ3n) is 5.25. The molecule has 2 aromatic rings. The number of rotatable bonds is 12. The van der Waals surface area contributed by atoms with E-state index in [9.17, 15) is 26.3 Å². The Morgan fingerprint density at radius 3 is 1.48 bits per heavy atom. The molecule has 0 bridgehead atoms. The first kappa shape index (κ1) is 42.0. The van der Waals surface area contributed by atoms with Gasteiger partial charge in [0.15, 0.2) is 20.2 Å². The van der Waals surface area contributed by atoms with Gasteiger partial charge in [-0.05, 0) is 25.7 Å². The molecule has 0 amide bonds. The lowest BCUT2D eigenvalue weighted by Gasteiger charge is -2.08. The number of halogens is 6. The quantitative estimate of drug-likeness (QED) is 0.107. The number of hydrogen-bond donors (Lipinski definition) is 0. The van der Waals surface area contributed by atoms with Gasteiger partial charge in [0, 0.05) is 0 Å². The SMILES string of the molecule is CCCCCCCCn1cc[n+](C)c1.CCCCCC[n+]1ccn(C)c1.O=S(=O)([O-])C(F)(F)F.O=S(=O)([O-])C(F)(F)F. The molecule has 0 spiro atoms. The highest BCUT2D eigenvalue weighted by Gasteiger charge is 2.37. The van der Waals surface area contributed by atoms with Crippen LogP contribution in [-0.2, 0) is 47.4 Å². The van der Waals surface area contributed by atoms with E-state index in [-0.39, 0.29) is 0 Å². The summed E-state index contributed by atoms with van der Waals surface area (Å²) in [6.45, 7) is 6.85. The van der Waals surface area contributed by atoms with Gasteiger partial charge in [-0.15, -0.1) is 0 Å². The second kappa shape index (κ2) is 20.7. The van der Waals surface area contributed by atoms with Crippen molar-refractivity contribution in [3.8, 4) is 0 Å². The van der Waals surface area contributed by atoms with E-state index in [0.29, 0.717) is 0 Å². The molecule has 0 unspecified atom stereocenters. The fraction of sp³-hybridized carbons (Fsp3) is 0.750. The van der Waals surface area contributed by atoms with Crippen LogP contribution in [0.2, 0.25) is 0 Å². The lowest BCUT2D eigenvalue weighted by atomic mass is 10.1. The Morgan fingerprint density at radius 2 is 1.12 bits per heavy atom. The molecule has 0 saturated heterocycles. The predicted octanol–water partition coefficient (Wildman–Crippen LogP) is 4.67. The van der Waals surface area contributed by atoms with Crippen LogP contribution in [0.1, 0.15) is 78.1 Å². The van der Waals surface area contributed by atoms with Crippen LogP contribution in [0.4, 0.5) is 26.3 Å². The average Bonchev–Trinajstić information content (AvgIpc) is 3.45. The van der Waals surface area contributed by atoms with Crippen molar-refractivity contribution in [3.05, 3.63) is 37.4 Å². The van der Waals surface area contributed by atoms with Crippen LogP contribution >= 0.6 is 0 Å². The van der Waals surface area contributed by atoms with Crippen LogP contribution < -0.4 is 9.13 Å². The van der Waals surface area contributed by atoms with Gasteiger partial charge in [-0.1, -0.05) is 52.4 Å². The summed E-state index contributed by atoms with van der Waals surface area (Å²) in [5.41, 5.74) is -11.3. The van der Waals surface area contributed by atoms with Crippen molar-refractivity contribution in [1.29, 1.82) is 0 Å². The summed E-state index contributed by atoms with van der Waals surface area (Å²) < 4.78 is 126. The van der Waals surface area contributed by atoms with E-state index in [0.717, 1.165) is 0 Å². The molecule has 0 radical (unpaired) electrons. The number of nitrogens with zero attached hydrogens (tertiary/aromatic N) is 4. The molecule has 2 rings (SSSR count). The van der Waals surface area contributed by atoms with E-state index in [2.05, 4.69) is 83.7 Å². The van der Waals surface area contributed by atoms with Crippen molar-refractivity contribution < 1.29 is 61.4 Å². The predicted molar refractivity (Wildman–Crippen MR) is 140 cm³/mol. The van der Waals surface area contributed by atoms with E-state index >= 15 is 0 Å². The molecule has 0 aliphatic rings. The van der Waals surface area contributed by atoms with Crippen LogP contribution in [0.5, 0.6) is 0 Å². The lowest BCUT2D eigenvalue weighted by molar-refractivity contribution is -0.696.